The lowest BCUT2D eigenvalue weighted by Crippen LogP contribution is -2.32. The summed E-state index contributed by atoms with van der Waals surface area (Å²) in [4.78, 5) is 37.2. The van der Waals surface area contributed by atoms with Crippen LogP contribution in [0.15, 0.2) is 71.8 Å². The van der Waals surface area contributed by atoms with Gasteiger partial charge in [-0.15, -0.1) is 11.3 Å². The lowest BCUT2D eigenvalue weighted by atomic mass is 10.2. The third-order valence-corrected chi connectivity index (χ3v) is 6.99. The summed E-state index contributed by atoms with van der Waals surface area (Å²) in [6.45, 7) is 0. The van der Waals surface area contributed by atoms with Gasteiger partial charge in [-0.3, -0.25) is 9.59 Å². The van der Waals surface area contributed by atoms with E-state index in [1.165, 1.54) is 35.8 Å². The van der Waals surface area contributed by atoms with Crippen molar-refractivity contribution in [2.75, 3.05) is 5.32 Å². The van der Waals surface area contributed by atoms with Gasteiger partial charge in [-0.05, 0) is 36.4 Å². The molecule has 2 amide bonds. The average molecular weight is 547 g/mol. The van der Waals surface area contributed by atoms with Gasteiger partial charge in [0, 0.05) is 21.3 Å². The minimum absolute atomic E-state index is 0.198. The van der Waals surface area contributed by atoms with E-state index < -0.39 is 17.8 Å². The van der Waals surface area contributed by atoms with E-state index in [-0.39, 0.29) is 15.6 Å². The van der Waals surface area contributed by atoms with Crippen molar-refractivity contribution in [3.05, 3.63) is 92.2 Å². The van der Waals surface area contributed by atoms with Crippen molar-refractivity contribution in [3.8, 4) is 5.75 Å². The van der Waals surface area contributed by atoms with Crippen molar-refractivity contribution in [1.29, 1.82) is 0 Å². The number of anilines is 1. The molecule has 0 aliphatic carbocycles. The Kier molecular flexibility index (Phi) is 7.67. The molecule has 176 valence electrons. The van der Waals surface area contributed by atoms with Crippen LogP contribution in [0, 0.1) is 0 Å². The van der Waals surface area contributed by atoms with E-state index in [2.05, 4.69) is 15.8 Å². The summed E-state index contributed by atoms with van der Waals surface area (Å²) in [7, 11) is 0. The quantitative estimate of drug-likeness (QED) is 0.103. The smallest absolute Gasteiger partial charge is 0.355 e. The van der Waals surface area contributed by atoms with Crippen LogP contribution in [0.2, 0.25) is 15.1 Å². The normalized spacial score (nSPS) is 10.9. The Bertz CT molecular complexity index is 1490. The number of nitrogens with one attached hydrogen (secondary N) is 2. The molecular weight excluding hydrogens is 533 g/mol. The molecule has 0 saturated carbocycles. The van der Waals surface area contributed by atoms with Crippen LogP contribution in [0.3, 0.4) is 0 Å². The van der Waals surface area contributed by atoms with Gasteiger partial charge in [-0.25, -0.2) is 10.2 Å². The van der Waals surface area contributed by atoms with E-state index in [4.69, 9.17) is 39.5 Å². The zero-order valence-electron chi connectivity index (χ0n) is 17.6. The zero-order chi connectivity index (χ0) is 24.9. The minimum atomic E-state index is -1.01. The highest BCUT2D eigenvalue weighted by Crippen LogP contribution is 2.36. The fourth-order valence-corrected chi connectivity index (χ4v) is 4.63. The molecule has 3 aromatic carbocycles. The average Bonchev–Trinajstić information content (AvgIpc) is 3.19. The van der Waals surface area contributed by atoms with Crippen LogP contribution in [0.4, 0.5) is 5.69 Å². The number of benzene rings is 3. The van der Waals surface area contributed by atoms with Gasteiger partial charge in [0.2, 0.25) is 0 Å². The number of para-hydroxylation sites is 1. The first kappa shape index (κ1) is 24.7. The lowest BCUT2D eigenvalue weighted by Gasteiger charge is -2.07. The number of ether oxygens (including phenoxy) is 1. The number of carbonyl (C=O) groups is 3. The third-order valence-electron chi connectivity index (χ3n) is 4.60. The Balaban J connectivity index is 1.42. The number of hydrazone groups is 1. The summed E-state index contributed by atoms with van der Waals surface area (Å²) in [5.74, 6) is -2.40. The molecule has 1 heterocycles. The van der Waals surface area contributed by atoms with Gasteiger partial charge in [0.1, 0.15) is 10.6 Å². The fraction of sp³-hybridized carbons (Fsp3) is 0. The number of hydrogen-bond acceptors (Lipinski definition) is 6. The zero-order valence-corrected chi connectivity index (χ0v) is 20.6. The molecule has 7 nitrogen and oxygen atoms in total. The summed E-state index contributed by atoms with van der Waals surface area (Å²) in [5.41, 5.74) is 2.80. The molecule has 11 heteroatoms. The Morgan fingerprint density at radius 1 is 0.886 bits per heavy atom. The van der Waals surface area contributed by atoms with Gasteiger partial charge in [-0.2, -0.15) is 5.10 Å². The molecule has 35 heavy (non-hydrogen) atoms. The standard InChI is InChI=1S/C24H14Cl3N3O4S/c25-16-10-9-14(11-17(16)26)29-22(31)23(32)30-28-12-13-5-1-3-7-18(13)34-24(33)21-20(27)15-6-2-4-8-19(15)35-21/h1-12H,(H,29,31)(H,30,32). The molecule has 0 aliphatic rings. The molecule has 0 saturated heterocycles. The molecule has 0 unspecified atom stereocenters. The van der Waals surface area contributed by atoms with Gasteiger partial charge in [0.25, 0.3) is 0 Å². The number of nitrogens with zero attached hydrogens (tertiary/aromatic N) is 1. The lowest BCUT2D eigenvalue weighted by molar-refractivity contribution is -0.136. The molecular formula is C24H14Cl3N3O4S. The van der Waals surface area contributed by atoms with Crippen molar-refractivity contribution in [2.24, 2.45) is 5.10 Å². The van der Waals surface area contributed by atoms with E-state index >= 15 is 0 Å². The van der Waals surface area contributed by atoms with Crippen molar-refractivity contribution >= 4 is 85.9 Å². The van der Waals surface area contributed by atoms with Crippen LogP contribution in [0.1, 0.15) is 15.2 Å². The minimum Gasteiger partial charge on any atom is -0.422 e. The summed E-state index contributed by atoms with van der Waals surface area (Å²) < 4.78 is 6.39. The number of esters is 1. The highest BCUT2D eigenvalue weighted by atomic mass is 35.5. The Labute approximate surface area is 218 Å². The molecule has 0 spiro atoms. The third kappa shape index (κ3) is 5.80. The second-order valence-electron chi connectivity index (χ2n) is 6.95. The fourth-order valence-electron chi connectivity index (χ4n) is 2.94. The Morgan fingerprint density at radius 3 is 2.40 bits per heavy atom. The molecule has 4 aromatic rings. The van der Waals surface area contributed by atoms with Crippen LogP contribution in [0.25, 0.3) is 10.1 Å². The number of halogens is 3. The van der Waals surface area contributed by atoms with Gasteiger partial charge in [0.05, 0.1) is 21.3 Å². The van der Waals surface area contributed by atoms with Crippen LogP contribution < -0.4 is 15.5 Å². The summed E-state index contributed by atoms with van der Waals surface area (Å²) in [6.07, 6.45) is 1.25. The summed E-state index contributed by atoms with van der Waals surface area (Å²) in [6, 6.07) is 18.3. The summed E-state index contributed by atoms with van der Waals surface area (Å²) >= 11 is 19.3. The SMILES string of the molecule is O=C(NN=Cc1ccccc1OC(=O)c1sc2ccccc2c1Cl)C(=O)Nc1ccc(Cl)c(Cl)c1. The molecule has 0 aliphatic heterocycles. The number of amides is 2. The Morgan fingerprint density at radius 2 is 1.63 bits per heavy atom. The maximum absolute atomic E-state index is 12.8. The Hall–Kier alpha value is -3.43. The highest BCUT2D eigenvalue weighted by molar-refractivity contribution is 7.21. The number of thiophene rings is 1. The van der Waals surface area contributed by atoms with Gasteiger partial charge in [0.15, 0.2) is 0 Å². The number of carbonyl (C=O) groups excluding carboxylic acids is 3. The second-order valence-corrected chi connectivity index (χ2v) is 9.20. The van der Waals surface area contributed by atoms with E-state index in [0.717, 1.165) is 10.1 Å². The van der Waals surface area contributed by atoms with Crippen molar-refractivity contribution in [2.45, 2.75) is 0 Å². The second kappa shape index (κ2) is 10.9. The van der Waals surface area contributed by atoms with Crippen molar-refractivity contribution in [3.63, 3.8) is 0 Å². The number of hydrogen-bond donors (Lipinski definition) is 2. The highest BCUT2D eigenvalue weighted by Gasteiger charge is 2.20. The molecule has 0 bridgehead atoms. The van der Waals surface area contributed by atoms with Crippen molar-refractivity contribution in [1.82, 2.24) is 5.43 Å². The topological polar surface area (TPSA) is 96.9 Å². The van der Waals surface area contributed by atoms with Crippen LogP contribution in [0.5, 0.6) is 5.75 Å². The number of fused-ring (bicyclic) bond motifs is 1. The van der Waals surface area contributed by atoms with Crippen LogP contribution in [-0.4, -0.2) is 24.0 Å². The maximum atomic E-state index is 12.8. The summed E-state index contributed by atoms with van der Waals surface area (Å²) in [5, 5.41) is 7.79. The molecule has 0 radical (unpaired) electrons. The van der Waals surface area contributed by atoms with E-state index in [9.17, 15) is 14.4 Å². The van der Waals surface area contributed by atoms with Gasteiger partial charge >= 0.3 is 17.8 Å². The van der Waals surface area contributed by atoms with E-state index in [1.54, 1.807) is 24.3 Å². The predicted molar refractivity (Wildman–Crippen MR) is 139 cm³/mol. The molecule has 1 aromatic heterocycles. The van der Waals surface area contributed by atoms with E-state index in [0.29, 0.717) is 21.3 Å². The monoisotopic (exact) mass is 545 g/mol. The largest absolute Gasteiger partial charge is 0.422 e. The molecule has 0 atom stereocenters. The molecule has 0 fully saturated rings. The van der Waals surface area contributed by atoms with E-state index in [1.807, 2.05) is 24.3 Å². The first-order chi connectivity index (χ1) is 16.8. The van der Waals surface area contributed by atoms with Crippen LogP contribution in [-0.2, 0) is 9.59 Å². The van der Waals surface area contributed by atoms with Gasteiger partial charge in [-0.1, -0.05) is 65.1 Å². The predicted octanol–water partition coefficient (Wildman–Crippen LogP) is 6.17. The number of rotatable bonds is 5. The molecule has 4 rings (SSSR count). The first-order valence-electron chi connectivity index (χ1n) is 9.91. The van der Waals surface area contributed by atoms with Crippen molar-refractivity contribution < 1.29 is 19.1 Å². The maximum Gasteiger partial charge on any atom is 0.355 e. The first-order valence-corrected chi connectivity index (χ1v) is 11.9. The van der Waals surface area contributed by atoms with Crippen LogP contribution >= 0.6 is 46.1 Å². The van der Waals surface area contributed by atoms with Gasteiger partial charge < -0.3 is 10.1 Å². The molecule has 2 N–H and O–H groups in total.